The van der Waals surface area contributed by atoms with E-state index in [4.69, 9.17) is 0 Å². The van der Waals surface area contributed by atoms with Crippen LogP contribution in [0.3, 0.4) is 0 Å². The van der Waals surface area contributed by atoms with Gasteiger partial charge in [-0.1, -0.05) is 18.2 Å². The summed E-state index contributed by atoms with van der Waals surface area (Å²) in [5, 5.41) is 1.95. The molecule has 1 atom stereocenters. The first kappa shape index (κ1) is 18.1. The van der Waals surface area contributed by atoms with Crippen LogP contribution < -0.4 is 10.2 Å². The number of carbonyl (C=O) groups is 3. The van der Waals surface area contributed by atoms with E-state index >= 15 is 0 Å². The highest BCUT2D eigenvalue weighted by molar-refractivity contribution is 8.01. The van der Waals surface area contributed by atoms with Gasteiger partial charge in [0.2, 0.25) is 17.7 Å². The van der Waals surface area contributed by atoms with E-state index in [1.807, 2.05) is 6.07 Å². The monoisotopic (exact) mass is 376 g/mol. The first-order valence-electron chi connectivity index (χ1n) is 7.74. The van der Waals surface area contributed by atoms with Gasteiger partial charge < -0.3 is 5.32 Å². The highest BCUT2D eigenvalue weighted by Gasteiger charge is 2.40. The molecule has 1 aliphatic rings. The van der Waals surface area contributed by atoms with Gasteiger partial charge in [0, 0.05) is 18.2 Å². The molecule has 134 valence electrons. The van der Waals surface area contributed by atoms with E-state index in [-0.39, 0.29) is 23.8 Å². The lowest BCUT2D eigenvalue weighted by atomic mass is 10.3. The molecule has 0 spiro atoms. The maximum atomic E-state index is 13.4. The van der Waals surface area contributed by atoms with Crippen LogP contribution in [0.4, 0.5) is 20.2 Å². The first-order chi connectivity index (χ1) is 12.5. The zero-order valence-corrected chi connectivity index (χ0v) is 14.3. The highest BCUT2D eigenvalue weighted by atomic mass is 32.2. The summed E-state index contributed by atoms with van der Waals surface area (Å²) >= 11 is 1.04. The van der Waals surface area contributed by atoms with E-state index in [2.05, 4.69) is 5.32 Å². The lowest BCUT2D eigenvalue weighted by Crippen LogP contribution is -2.31. The fraction of sp³-hybridized carbons (Fsp3) is 0.167. The molecule has 5 nitrogen and oxygen atoms in total. The Hall–Kier alpha value is -2.74. The minimum atomic E-state index is -1.14. The largest absolute Gasteiger partial charge is 0.325 e. The van der Waals surface area contributed by atoms with Crippen LogP contribution in [0.5, 0.6) is 0 Å². The Labute approximate surface area is 152 Å². The summed E-state index contributed by atoms with van der Waals surface area (Å²) < 4.78 is 26.4. The molecule has 0 bridgehead atoms. The standard InChI is InChI=1S/C18H14F2N2O3S/c19-13-7-6-12(8-14(13)20)22-17(24)9-15(18(22)25)26-10-16(23)21-11-4-2-1-3-5-11/h1-8,15H,9-10H2,(H,21,23)/t15-/m1/s1. The van der Waals surface area contributed by atoms with Gasteiger partial charge in [-0.15, -0.1) is 11.8 Å². The van der Waals surface area contributed by atoms with Crippen molar-refractivity contribution in [3.05, 3.63) is 60.2 Å². The Balaban J connectivity index is 1.61. The molecule has 1 N–H and O–H groups in total. The number of halogens is 2. The Kier molecular flexibility index (Phi) is 5.32. The average Bonchev–Trinajstić information content (AvgIpc) is 2.90. The zero-order chi connectivity index (χ0) is 18.7. The second kappa shape index (κ2) is 7.65. The second-order valence-corrected chi connectivity index (χ2v) is 6.77. The molecule has 3 rings (SSSR count). The number of thioether (sulfide) groups is 1. The van der Waals surface area contributed by atoms with Crippen molar-refractivity contribution in [2.75, 3.05) is 16.0 Å². The van der Waals surface area contributed by atoms with Gasteiger partial charge in [-0.3, -0.25) is 14.4 Å². The van der Waals surface area contributed by atoms with Gasteiger partial charge in [0.15, 0.2) is 11.6 Å². The highest BCUT2D eigenvalue weighted by Crippen LogP contribution is 2.30. The van der Waals surface area contributed by atoms with Crippen LogP contribution in [0.25, 0.3) is 0 Å². The van der Waals surface area contributed by atoms with Gasteiger partial charge in [0.05, 0.1) is 16.7 Å². The third kappa shape index (κ3) is 3.91. The molecule has 26 heavy (non-hydrogen) atoms. The molecule has 0 saturated carbocycles. The molecule has 0 unspecified atom stereocenters. The summed E-state index contributed by atoms with van der Waals surface area (Å²) in [6.07, 6.45) is -0.0961. The van der Waals surface area contributed by atoms with Crippen molar-refractivity contribution in [3.63, 3.8) is 0 Å². The Bertz CT molecular complexity index is 861. The third-order valence-corrected chi connectivity index (χ3v) is 4.94. The predicted octanol–water partition coefficient (Wildman–Crippen LogP) is 2.97. The number of benzene rings is 2. The van der Waals surface area contributed by atoms with E-state index in [0.29, 0.717) is 5.69 Å². The maximum Gasteiger partial charge on any atom is 0.247 e. The minimum absolute atomic E-state index is 0.00972. The molecular formula is C18H14F2N2O3S. The molecule has 3 amide bonds. The van der Waals surface area contributed by atoms with Gasteiger partial charge in [-0.2, -0.15) is 0 Å². The van der Waals surface area contributed by atoms with Crippen molar-refractivity contribution >= 4 is 40.9 Å². The molecule has 2 aromatic carbocycles. The number of nitrogens with one attached hydrogen (secondary N) is 1. The van der Waals surface area contributed by atoms with Gasteiger partial charge in [-0.05, 0) is 24.3 Å². The van der Waals surface area contributed by atoms with Gasteiger partial charge >= 0.3 is 0 Å². The van der Waals surface area contributed by atoms with E-state index in [0.717, 1.165) is 28.8 Å². The molecule has 8 heteroatoms. The van der Waals surface area contributed by atoms with E-state index in [1.54, 1.807) is 24.3 Å². The number of imide groups is 1. The number of hydrogen-bond donors (Lipinski definition) is 1. The van der Waals surface area contributed by atoms with Crippen molar-refractivity contribution in [2.24, 2.45) is 0 Å². The molecule has 0 radical (unpaired) electrons. The minimum Gasteiger partial charge on any atom is -0.325 e. The topological polar surface area (TPSA) is 66.5 Å². The van der Waals surface area contributed by atoms with Crippen molar-refractivity contribution in [1.82, 2.24) is 0 Å². The zero-order valence-electron chi connectivity index (χ0n) is 13.4. The number of para-hydroxylation sites is 1. The van der Waals surface area contributed by atoms with Gasteiger partial charge in [-0.25, -0.2) is 13.7 Å². The molecular weight excluding hydrogens is 362 g/mol. The van der Waals surface area contributed by atoms with Crippen molar-refractivity contribution in [1.29, 1.82) is 0 Å². The molecule has 1 aliphatic heterocycles. The fourth-order valence-corrected chi connectivity index (χ4v) is 3.46. The number of hydrogen-bond acceptors (Lipinski definition) is 4. The lowest BCUT2D eigenvalue weighted by Gasteiger charge is -2.15. The summed E-state index contributed by atoms with van der Waals surface area (Å²) in [4.78, 5) is 37.3. The lowest BCUT2D eigenvalue weighted by molar-refractivity contribution is -0.121. The van der Waals surface area contributed by atoms with E-state index < -0.39 is 28.7 Å². The van der Waals surface area contributed by atoms with Crippen LogP contribution in [0.15, 0.2) is 48.5 Å². The summed E-state index contributed by atoms with van der Waals surface area (Å²) in [7, 11) is 0. The Morgan fingerprint density at radius 1 is 1.12 bits per heavy atom. The van der Waals surface area contributed by atoms with Crippen molar-refractivity contribution < 1.29 is 23.2 Å². The molecule has 0 aromatic heterocycles. The third-order valence-electron chi connectivity index (χ3n) is 3.74. The van der Waals surface area contributed by atoms with Crippen molar-refractivity contribution in [3.8, 4) is 0 Å². The van der Waals surface area contributed by atoms with Crippen LogP contribution in [-0.2, 0) is 14.4 Å². The summed E-state index contributed by atoms with van der Waals surface area (Å²) in [6.45, 7) is 0. The molecule has 2 aromatic rings. The Morgan fingerprint density at radius 3 is 2.54 bits per heavy atom. The van der Waals surface area contributed by atoms with Crippen LogP contribution in [-0.4, -0.2) is 28.7 Å². The molecule has 1 fully saturated rings. The summed E-state index contributed by atoms with van der Waals surface area (Å²) in [5.41, 5.74) is 0.617. The fourth-order valence-electron chi connectivity index (χ4n) is 2.52. The van der Waals surface area contributed by atoms with Gasteiger partial charge in [0.25, 0.3) is 0 Å². The van der Waals surface area contributed by atoms with Crippen LogP contribution >= 0.6 is 11.8 Å². The predicted molar refractivity (Wildman–Crippen MR) is 94.8 cm³/mol. The smallest absolute Gasteiger partial charge is 0.247 e. The van der Waals surface area contributed by atoms with Crippen LogP contribution in [0.1, 0.15) is 6.42 Å². The van der Waals surface area contributed by atoms with E-state index in [9.17, 15) is 23.2 Å². The van der Waals surface area contributed by atoms with Crippen LogP contribution in [0.2, 0.25) is 0 Å². The summed E-state index contributed by atoms with van der Waals surface area (Å²) in [5.74, 6) is -3.56. The number of carbonyl (C=O) groups excluding carboxylic acids is 3. The van der Waals surface area contributed by atoms with E-state index in [1.165, 1.54) is 6.07 Å². The number of anilines is 2. The first-order valence-corrected chi connectivity index (χ1v) is 8.79. The number of amides is 3. The maximum absolute atomic E-state index is 13.4. The number of nitrogens with zero attached hydrogens (tertiary/aromatic N) is 1. The molecule has 1 heterocycles. The normalized spacial score (nSPS) is 16.8. The average molecular weight is 376 g/mol. The molecule has 0 aliphatic carbocycles. The molecule has 1 saturated heterocycles. The summed E-state index contributed by atoms with van der Waals surface area (Å²) in [6, 6.07) is 11.7. The second-order valence-electron chi connectivity index (χ2n) is 5.58. The van der Waals surface area contributed by atoms with Gasteiger partial charge in [0.1, 0.15) is 0 Å². The van der Waals surface area contributed by atoms with Crippen molar-refractivity contribution in [2.45, 2.75) is 11.7 Å². The van der Waals surface area contributed by atoms with Crippen LogP contribution in [0, 0.1) is 11.6 Å². The SMILES string of the molecule is O=C(CS[C@@H]1CC(=O)N(c2ccc(F)c(F)c2)C1=O)Nc1ccccc1. The Morgan fingerprint density at radius 2 is 1.85 bits per heavy atom. The number of rotatable bonds is 5. The quantitative estimate of drug-likeness (QED) is 0.815.